The van der Waals surface area contributed by atoms with Gasteiger partial charge in [-0.25, -0.2) is 0 Å². The van der Waals surface area contributed by atoms with E-state index in [1.165, 1.54) is 11.8 Å². The summed E-state index contributed by atoms with van der Waals surface area (Å²) in [4.78, 5) is 12.8. The number of likely N-dealkylation sites (N-methyl/N-ethyl adjacent to an activating group) is 1. The summed E-state index contributed by atoms with van der Waals surface area (Å²) in [5, 5.41) is 3.12. The molecule has 0 aromatic heterocycles. The number of rotatable bonds is 3. The van der Waals surface area contributed by atoms with Crippen LogP contribution in [0.4, 0.5) is 13.2 Å². The van der Waals surface area contributed by atoms with Crippen molar-refractivity contribution in [1.29, 1.82) is 0 Å². The highest BCUT2D eigenvalue weighted by atomic mass is 19.4. The molecule has 1 aliphatic heterocycles. The zero-order valence-corrected chi connectivity index (χ0v) is 10.2. The highest BCUT2D eigenvalue weighted by molar-refractivity contribution is 5.73. The van der Waals surface area contributed by atoms with Gasteiger partial charge in [-0.15, -0.1) is 0 Å². The molecule has 1 saturated heterocycles. The Bertz CT molecular complexity index is 268. The Hall–Kier alpha value is -0.780. The lowest BCUT2D eigenvalue weighted by Gasteiger charge is -2.38. The average molecular weight is 252 g/mol. The Morgan fingerprint density at radius 1 is 1.41 bits per heavy atom. The Labute approximate surface area is 99.4 Å². The molecular formula is C11H19F3N2O. The van der Waals surface area contributed by atoms with E-state index in [-0.39, 0.29) is 18.5 Å². The van der Waals surface area contributed by atoms with Gasteiger partial charge in [0.2, 0.25) is 5.91 Å². The molecule has 1 aliphatic rings. The van der Waals surface area contributed by atoms with Gasteiger partial charge in [-0.2, -0.15) is 13.2 Å². The summed E-state index contributed by atoms with van der Waals surface area (Å²) in [5.74, 6) is -0.642. The molecule has 0 radical (unpaired) electrons. The maximum atomic E-state index is 12.4. The molecule has 1 heterocycles. The zero-order valence-electron chi connectivity index (χ0n) is 10.2. The monoisotopic (exact) mass is 252 g/mol. The minimum atomic E-state index is -4.15. The van der Waals surface area contributed by atoms with Gasteiger partial charge in [-0.3, -0.25) is 4.79 Å². The van der Waals surface area contributed by atoms with E-state index >= 15 is 0 Å². The fraction of sp³-hybridized carbons (Fsp3) is 0.909. The minimum absolute atomic E-state index is 0.0231. The molecule has 1 amide bonds. The maximum Gasteiger partial charge on any atom is 0.389 e. The van der Waals surface area contributed by atoms with Crippen molar-refractivity contribution in [2.45, 2.75) is 38.9 Å². The van der Waals surface area contributed by atoms with Gasteiger partial charge in [0.1, 0.15) is 0 Å². The van der Waals surface area contributed by atoms with E-state index in [1.807, 2.05) is 6.92 Å². The van der Waals surface area contributed by atoms with Gasteiger partial charge in [0.05, 0.1) is 0 Å². The predicted molar refractivity (Wildman–Crippen MR) is 58.5 cm³/mol. The van der Waals surface area contributed by atoms with Gasteiger partial charge < -0.3 is 10.2 Å². The van der Waals surface area contributed by atoms with Gasteiger partial charge in [0.15, 0.2) is 0 Å². The smallest absolute Gasteiger partial charge is 0.341 e. The topological polar surface area (TPSA) is 32.3 Å². The fourth-order valence-corrected chi connectivity index (χ4v) is 2.37. The van der Waals surface area contributed by atoms with Crippen LogP contribution in [0.15, 0.2) is 0 Å². The number of nitrogens with one attached hydrogen (secondary N) is 1. The lowest BCUT2D eigenvalue weighted by molar-refractivity contribution is -0.152. The third-order valence-electron chi connectivity index (χ3n) is 3.00. The van der Waals surface area contributed by atoms with Crippen LogP contribution >= 0.6 is 0 Å². The van der Waals surface area contributed by atoms with Crippen molar-refractivity contribution in [3.05, 3.63) is 0 Å². The first-order chi connectivity index (χ1) is 7.81. The van der Waals surface area contributed by atoms with Crippen LogP contribution < -0.4 is 5.32 Å². The molecule has 3 nitrogen and oxygen atoms in total. The number of halogens is 3. The van der Waals surface area contributed by atoms with Crippen molar-refractivity contribution < 1.29 is 18.0 Å². The molecule has 100 valence electrons. The Morgan fingerprint density at radius 2 is 2.06 bits per heavy atom. The number of amides is 1. The lowest BCUT2D eigenvalue weighted by Crippen LogP contribution is -2.51. The van der Waals surface area contributed by atoms with E-state index in [0.717, 1.165) is 0 Å². The van der Waals surface area contributed by atoms with E-state index in [1.54, 1.807) is 0 Å². The van der Waals surface area contributed by atoms with Crippen LogP contribution in [0.1, 0.15) is 26.7 Å². The van der Waals surface area contributed by atoms with Crippen LogP contribution in [0.25, 0.3) is 0 Å². The average Bonchev–Trinajstić information content (AvgIpc) is 2.14. The molecule has 2 atom stereocenters. The summed E-state index contributed by atoms with van der Waals surface area (Å²) >= 11 is 0. The van der Waals surface area contributed by atoms with Gasteiger partial charge in [-0.1, -0.05) is 6.92 Å². The Kier molecular flexibility index (Phi) is 4.80. The molecule has 0 aromatic rings. The van der Waals surface area contributed by atoms with Crippen LogP contribution in [0.3, 0.4) is 0 Å². The van der Waals surface area contributed by atoms with Crippen molar-refractivity contribution in [2.24, 2.45) is 5.92 Å². The summed E-state index contributed by atoms with van der Waals surface area (Å²) in [5.41, 5.74) is 0. The van der Waals surface area contributed by atoms with Crippen molar-refractivity contribution in [2.75, 3.05) is 19.6 Å². The Balaban J connectivity index is 2.61. The SMILES string of the molecule is CCNC1CC(CC(F)(F)F)CN(C(C)=O)C1. The van der Waals surface area contributed by atoms with E-state index in [0.29, 0.717) is 19.5 Å². The summed E-state index contributed by atoms with van der Waals surface area (Å²) in [6, 6.07) is -0.0231. The number of piperidine rings is 1. The number of hydrogen-bond acceptors (Lipinski definition) is 2. The summed E-state index contributed by atoms with van der Waals surface area (Å²) in [6.07, 6.45) is -4.48. The summed E-state index contributed by atoms with van der Waals surface area (Å²) in [6.45, 7) is 4.74. The second kappa shape index (κ2) is 5.71. The molecule has 1 fully saturated rings. The quantitative estimate of drug-likeness (QED) is 0.830. The predicted octanol–water partition coefficient (Wildman–Crippen LogP) is 1.79. The van der Waals surface area contributed by atoms with Gasteiger partial charge in [0.25, 0.3) is 0 Å². The van der Waals surface area contributed by atoms with Crippen molar-refractivity contribution in [3.8, 4) is 0 Å². The molecular weight excluding hydrogens is 233 g/mol. The summed E-state index contributed by atoms with van der Waals surface area (Å²) < 4.78 is 37.1. The first-order valence-electron chi connectivity index (χ1n) is 5.87. The van der Waals surface area contributed by atoms with Gasteiger partial charge in [0, 0.05) is 32.5 Å². The van der Waals surface area contributed by atoms with Crippen molar-refractivity contribution in [1.82, 2.24) is 10.2 Å². The highest BCUT2D eigenvalue weighted by Gasteiger charge is 2.36. The molecule has 0 saturated carbocycles. The second-order valence-corrected chi connectivity index (χ2v) is 4.60. The molecule has 17 heavy (non-hydrogen) atoms. The first kappa shape index (κ1) is 14.3. The molecule has 1 N–H and O–H groups in total. The number of nitrogens with zero attached hydrogens (tertiary/aromatic N) is 1. The molecule has 0 bridgehead atoms. The van der Waals surface area contributed by atoms with Crippen LogP contribution in [0.2, 0.25) is 0 Å². The molecule has 0 aromatic carbocycles. The molecule has 6 heteroatoms. The van der Waals surface area contributed by atoms with E-state index in [4.69, 9.17) is 0 Å². The van der Waals surface area contributed by atoms with Crippen molar-refractivity contribution >= 4 is 5.91 Å². The number of likely N-dealkylation sites (tertiary alicyclic amines) is 1. The number of carbonyl (C=O) groups is 1. The first-order valence-corrected chi connectivity index (χ1v) is 5.87. The van der Waals surface area contributed by atoms with Crippen molar-refractivity contribution in [3.63, 3.8) is 0 Å². The number of carbonyl (C=O) groups excluding carboxylic acids is 1. The maximum absolute atomic E-state index is 12.4. The largest absolute Gasteiger partial charge is 0.389 e. The van der Waals surface area contributed by atoms with Gasteiger partial charge >= 0.3 is 6.18 Å². The highest BCUT2D eigenvalue weighted by Crippen LogP contribution is 2.30. The van der Waals surface area contributed by atoms with E-state index in [2.05, 4.69) is 5.32 Å². The molecule has 1 rings (SSSR count). The number of alkyl halides is 3. The number of hydrogen-bond donors (Lipinski definition) is 1. The van der Waals surface area contributed by atoms with Crippen LogP contribution in [-0.4, -0.2) is 42.7 Å². The van der Waals surface area contributed by atoms with E-state index < -0.39 is 18.5 Å². The van der Waals surface area contributed by atoms with Gasteiger partial charge in [-0.05, 0) is 18.9 Å². The van der Waals surface area contributed by atoms with E-state index in [9.17, 15) is 18.0 Å². The Morgan fingerprint density at radius 3 is 2.53 bits per heavy atom. The third kappa shape index (κ3) is 4.93. The minimum Gasteiger partial charge on any atom is -0.341 e. The molecule has 2 unspecified atom stereocenters. The summed E-state index contributed by atoms with van der Waals surface area (Å²) in [7, 11) is 0. The molecule has 0 spiro atoms. The molecule has 0 aliphatic carbocycles. The lowest BCUT2D eigenvalue weighted by atomic mass is 9.91. The van der Waals surface area contributed by atoms with Crippen LogP contribution in [0, 0.1) is 5.92 Å². The van der Waals surface area contributed by atoms with Crippen LogP contribution in [-0.2, 0) is 4.79 Å². The second-order valence-electron chi connectivity index (χ2n) is 4.60. The standard InChI is InChI=1S/C11H19F3N2O/c1-3-15-10-4-9(5-11(12,13)14)6-16(7-10)8(2)17/h9-10,15H,3-7H2,1-2H3. The third-order valence-corrected chi connectivity index (χ3v) is 3.00. The zero-order chi connectivity index (χ0) is 13.1. The fourth-order valence-electron chi connectivity index (χ4n) is 2.37. The van der Waals surface area contributed by atoms with Crippen LogP contribution in [0.5, 0.6) is 0 Å². The normalized spacial score (nSPS) is 26.1.